The van der Waals surface area contributed by atoms with E-state index in [-0.39, 0.29) is 10.9 Å². The van der Waals surface area contributed by atoms with Gasteiger partial charge in [0.1, 0.15) is 11.6 Å². The number of allylic oxidation sites excluding steroid dienone is 2. The molecule has 27 heavy (non-hydrogen) atoms. The van der Waals surface area contributed by atoms with Gasteiger partial charge in [-0.3, -0.25) is 0 Å². The molecule has 0 bridgehead atoms. The van der Waals surface area contributed by atoms with E-state index in [9.17, 15) is 13.2 Å². The fourth-order valence-electron chi connectivity index (χ4n) is 3.97. The molecule has 0 unspecified atom stereocenters. The van der Waals surface area contributed by atoms with Crippen LogP contribution in [0.25, 0.3) is 22.7 Å². The summed E-state index contributed by atoms with van der Waals surface area (Å²) in [6.07, 6.45) is 8.54. The molecule has 0 aliphatic heterocycles. The lowest BCUT2D eigenvalue weighted by atomic mass is 9.79. The molecule has 0 heterocycles. The Morgan fingerprint density at radius 3 is 2.44 bits per heavy atom. The molecule has 1 fully saturated rings. The molecule has 2 aromatic rings. The van der Waals surface area contributed by atoms with E-state index in [1.54, 1.807) is 30.3 Å². The molecule has 0 radical (unpaired) electrons. The maximum absolute atomic E-state index is 14.8. The number of rotatable bonds is 6. The fourth-order valence-corrected chi connectivity index (χ4v) is 3.97. The van der Waals surface area contributed by atoms with Crippen LogP contribution in [0.5, 0.6) is 0 Å². The van der Waals surface area contributed by atoms with E-state index in [0.29, 0.717) is 24.1 Å². The molecule has 142 valence electrons. The van der Waals surface area contributed by atoms with Crippen molar-refractivity contribution in [3.63, 3.8) is 0 Å². The third-order valence-electron chi connectivity index (χ3n) is 5.64. The van der Waals surface area contributed by atoms with Crippen molar-refractivity contribution < 1.29 is 13.2 Å². The number of halogens is 3. The molecular formula is C24H25F3. The van der Waals surface area contributed by atoms with Gasteiger partial charge in [-0.2, -0.15) is 0 Å². The molecule has 0 atom stereocenters. The summed E-state index contributed by atoms with van der Waals surface area (Å²) in [5, 5.41) is 0.929. The van der Waals surface area contributed by atoms with Crippen molar-refractivity contribution in [2.45, 2.75) is 38.5 Å². The van der Waals surface area contributed by atoms with Crippen molar-refractivity contribution in [2.75, 3.05) is 0 Å². The van der Waals surface area contributed by atoms with E-state index in [1.165, 1.54) is 6.07 Å². The molecule has 0 amide bonds. The third-order valence-corrected chi connectivity index (χ3v) is 5.64. The molecule has 1 aliphatic carbocycles. The molecule has 0 N–H and O–H groups in total. The van der Waals surface area contributed by atoms with E-state index in [4.69, 9.17) is 0 Å². The number of fused-ring (bicyclic) bond motifs is 1. The summed E-state index contributed by atoms with van der Waals surface area (Å²) >= 11 is 0. The van der Waals surface area contributed by atoms with Crippen LogP contribution in [0.1, 0.15) is 49.7 Å². The highest BCUT2D eigenvalue weighted by atomic mass is 19.2. The molecule has 3 heteroatoms. The highest BCUT2D eigenvalue weighted by Gasteiger charge is 2.27. The van der Waals surface area contributed by atoms with E-state index in [2.05, 4.69) is 13.2 Å². The Morgan fingerprint density at radius 2 is 1.78 bits per heavy atom. The van der Waals surface area contributed by atoms with Crippen molar-refractivity contribution in [3.05, 3.63) is 72.3 Å². The lowest BCUT2D eigenvalue weighted by Crippen LogP contribution is -2.15. The van der Waals surface area contributed by atoms with Gasteiger partial charge in [0.2, 0.25) is 0 Å². The highest BCUT2D eigenvalue weighted by molar-refractivity contribution is 5.88. The van der Waals surface area contributed by atoms with Crippen molar-refractivity contribution in [1.29, 1.82) is 0 Å². The SMILES string of the molecule is C=CCCC1CCC(C(F)=C(F)c2ccc3cc(C=C)ccc3c2F)CC1. The van der Waals surface area contributed by atoms with Gasteiger partial charge in [0.15, 0.2) is 5.83 Å². The standard InChI is InChI=1S/C24H25F3/c1-3-5-6-17-7-10-18(11-8-17)22(25)24(27)21-14-12-19-15-16(4-2)9-13-20(19)23(21)26/h3-4,9,12-15,17-18H,1-2,5-8,10-11H2. The Labute approximate surface area is 159 Å². The molecular weight excluding hydrogens is 345 g/mol. The van der Waals surface area contributed by atoms with Crippen molar-refractivity contribution >= 4 is 22.7 Å². The third kappa shape index (κ3) is 4.18. The molecule has 0 nitrogen and oxygen atoms in total. The van der Waals surface area contributed by atoms with Crippen LogP contribution in [0.2, 0.25) is 0 Å². The largest absolute Gasteiger partial charge is 0.208 e. The number of hydrogen-bond donors (Lipinski definition) is 0. The summed E-state index contributed by atoms with van der Waals surface area (Å²) in [6, 6.07) is 8.03. The molecule has 3 rings (SSSR count). The van der Waals surface area contributed by atoms with Gasteiger partial charge >= 0.3 is 0 Å². The van der Waals surface area contributed by atoms with Gasteiger partial charge in [0, 0.05) is 16.9 Å². The second-order valence-corrected chi connectivity index (χ2v) is 7.36. The number of hydrogen-bond acceptors (Lipinski definition) is 0. The van der Waals surface area contributed by atoms with Crippen LogP contribution in [-0.2, 0) is 0 Å². The Hall–Kier alpha value is -2.29. The van der Waals surface area contributed by atoms with Gasteiger partial charge in [0.25, 0.3) is 0 Å². The summed E-state index contributed by atoms with van der Waals surface area (Å²) in [4.78, 5) is 0. The smallest absolute Gasteiger partial charge is 0.165 e. The Balaban J connectivity index is 1.83. The minimum atomic E-state index is -1.06. The minimum Gasteiger partial charge on any atom is -0.208 e. The van der Waals surface area contributed by atoms with Gasteiger partial charge in [-0.1, -0.05) is 36.9 Å². The summed E-state index contributed by atoms with van der Waals surface area (Å²) in [5.74, 6) is -2.49. The first kappa shape index (κ1) is 19.5. The predicted molar refractivity (Wildman–Crippen MR) is 108 cm³/mol. The first-order valence-electron chi connectivity index (χ1n) is 9.56. The van der Waals surface area contributed by atoms with E-state index in [1.807, 2.05) is 6.08 Å². The second kappa shape index (κ2) is 8.60. The summed E-state index contributed by atoms with van der Waals surface area (Å²) in [6.45, 7) is 7.41. The Bertz CT molecular complexity index is 871. The van der Waals surface area contributed by atoms with Crippen LogP contribution in [0, 0.1) is 17.7 Å². The molecule has 0 saturated heterocycles. The zero-order chi connectivity index (χ0) is 19.4. The normalized spacial score (nSPS) is 21.0. The Morgan fingerprint density at radius 1 is 1.04 bits per heavy atom. The maximum Gasteiger partial charge on any atom is 0.165 e. The minimum absolute atomic E-state index is 0.286. The number of benzene rings is 2. The van der Waals surface area contributed by atoms with Crippen LogP contribution >= 0.6 is 0 Å². The zero-order valence-electron chi connectivity index (χ0n) is 15.5. The van der Waals surface area contributed by atoms with Crippen molar-refractivity contribution in [2.24, 2.45) is 11.8 Å². The molecule has 2 aromatic carbocycles. The monoisotopic (exact) mass is 370 g/mol. The second-order valence-electron chi connectivity index (χ2n) is 7.36. The van der Waals surface area contributed by atoms with Gasteiger partial charge in [-0.05, 0) is 67.5 Å². The summed E-state index contributed by atoms with van der Waals surface area (Å²) < 4.78 is 44.3. The van der Waals surface area contributed by atoms with Crippen molar-refractivity contribution in [3.8, 4) is 0 Å². The van der Waals surface area contributed by atoms with Gasteiger partial charge in [-0.25, -0.2) is 13.2 Å². The van der Waals surface area contributed by atoms with E-state index in [0.717, 1.165) is 31.2 Å². The van der Waals surface area contributed by atoms with E-state index >= 15 is 0 Å². The van der Waals surface area contributed by atoms with Gasteiger partial charge in [-0.15, -0.1) is 6.58 Å². The Kier molecular flexibility index (Phi) is 6.20. The zero-order valence-corrected chi connectivity index (χ0v) is 15.5. The van der Waals surface area contributed by atoms with Crippen LogP contribution in [0.15, 0.2) is 55.4 Å². The molecule has 0 aromatic heterocycles. The maximum atomic E-state index is 14.8. The lowest BCUT2D eigenvalue weighted by Gasteiger charge is -2.27. The van der Waals surface area contributed by atoms with E-state index < -0.39 is 23.4 Å². The predicted octanol–water partition coefficient (Wildman–Crippen LogP) is 8.00. The average molecular weight is 370 g/mol. The highest BCUT2D eigenvalue weighted by Crippen LogP contribution is 2.40. The summed E-state index contributed by atoms with van der Waals surface area (Å²) in [7, 11) is 0. The van der Waals surface area contributed by atoms with Crippen LogP contribution in [0.3, 0.4) is 0 Å². The first-order valence-corrected chi connectivity index (χ1v) is 9.56. The fraction of sp³-hybridized carbons (Fsp3) is 0.333. The average Bonchev–Trinajstić information content (AvgIpc) is 2.71. The molecule has 1 saturated carbocycles. The topological polar surface area (TPSA) is 0 Å². The quantitative estimate of drug-likeness (QED) is 0.452. The van der Waals surface area contributed by atoms with Crippen LogP contribution < -0.4 is 0 Å². The lowest BCUT2D eigenvalue weighted by molar-refractivity contribution is 0.263. The van der Waals surface area contributed by atoms with Gasteiger partial charge in [0.05, 0.1) is 0 Å². The molecule has 1 aliphatic rings. The molecule has 0 spiro atoms. The van der Waals surface area contributed by atoms with Crippen molar-refractivity contribution in [1.82, 2.24) is 0 Å². The van der Waals surface area contributed by atoms with Crippen LogP contribution in [0.4, 0.5) is 13.2 Å². The van der Waals surface area contributed by atoms with Gasteiger partial charge < -0.3 is 0 Å². The van der Waals surface area contributed by atoms with Crippen LogP contribution in [-0.4, -0.2) is 0 Å². The summed E-state index contributed by atoms with van der Waals surface area (Å²) in [5.41, 5.74) is 0.560. The first-order chi connectivity index (χ1) is 13.0.